The number of carbonyl (C=O) groups is 2. The Morgan fingerprint density at radius 1 is 0.946 bits per heavy atom. The molecule has 1 atom stereocenters. The summed E-state index contributed by atoms with van der Waals surface area (Å²) >= 11 is 11.6. The molecule has 2 fully saturated rings. The minimum Gasteiger partial charge on any atom is -0.387 e. The minimum absolute atomic E-state index is 0.103. The van der Waals surface area contributed by atoms with Gasteiger partial charge in [0.05, 0.1) is 0 Å². The van der Waals surface area contributed by atoms with Crippen LogP contribution in [0.2, 0.25) is 10.0 Å². The van der Waals surface area contributed by atoms with E-state index in [-0.39, 0.29) is 17.8 Å². The Morgan fingerprint density at radius 2 is 1.49 bits per heavy atom. The molecule has 2 heterocycles. The fourth-order valence-electron chi connectivity index (χ4n) is 4.61. The van der Waals surface area contributed by atoms with Gasteiger partial charge in [0.15, 0.2) is 5.96 Å². The average molecular weight is 549 g/mol. The van der Waals surface area contributed by atoms with E-state index in [4.69, 9.17) is 39.5 Å². The van der Waals surface area contributed by atoms with Crippen LogP contribution >= 0.6 is 23.2 Å². The molecule has 4 rings (SSSR count). The molecular formula is C27H35Cl2N5O3. The molecule has 2 aliphatic heterocycles. The topological polar surface area (TPSA) is 123 Å². The zero-order valence-electron chi connectivity index (χ0n) is 20.8. The van der Waals surface area contributed by atoms with Crippen LogP contribution < -0.4 is 11.1 Å². The highest BCUT2D eigenvalue weighted by Crippen LogP contribution is 2.19. The predicted molar refractivity (Wildman–Crippen MR) is 147 cm³/mol. The van der Waals surface area contributed by atoms with Crippen molar-refractivity contribution in [2.75, 3.05) is 32.8 Å². The molecule has 2 saturated heterocycles. The van der Waals surface area contributed by atoms with Crippen LogP contribution in [-0.2, 0) is 16.0 Å². The van der Waals surface area contributed by atoms with E-state index < -0.39 is 12.6 Å². The van der Waals surface area contributed by atoms with Crippen molar-refractivity contribution < 1.29 is 14.7 Å². The standard InChI is InChI=1S/C14H25N5O3.C13H10Cl2/c15-14(16)18-6-3-10(4-7-18)8-17-13(22)11-2-1-5-19(11)12(21)9-20;14-12-5-1-10(2-6-12)9-11-3-7-13(15)8-4-11/h10-11,20H,1-9H2,(H3,15,16)(H,17,22);1-8H,9H2. The van der Waals surface area contributed by atoms with Crippen molar-refractivity contribution in [3.8, 4) is 0 Å². The summed E-state index contributed by atoms with van der Waals surface area (Å²) in [6.45, 7) is 2.06. The zero-order chi connectivity index (χ0) is 26.8. The molecule has 2 amide bonds. The second kappa shape index (κ2) is 14.2. The summed E-state index contributed by atoms with van der Waals surface area (Å²) < 4.78 is 0. The number of halogens is 2. The highest BCUT2D eigenvalue weighted by molar-refractivity contribution is 6.30. The molecule has 8 nitrogen and oxygen atoms in total. The third-order valence-corrected chi connectivity index (χ3v) is 7.27. The second-order valence-electron chi connectivity index (χ2n) is 9.39. The third kappa shape index (κ3) is 8.91. The van der Waals surface area contributed by atoms with Crippen molar-refractivity contribution in [1.82, 2.24) is 15.1 Å². The molecule has 0 aliphatic carbocycles. The Bertz CT molecular complexity index is 998. The molecule has 200 valence electrons. The van der Waals surface area contributed by atoms with Crippen molar-refractivity contribution in [2.24, 2.45) is 11.7 Å². The van der Waals surface area contributed by atoms with Crippen LogP contribution in [-0.4, -0.2) is 71.5 Å². The van der Waals surface area contributed by atoms with Gasteiger partial charge in [0, 0.05) is 36.2 Å². The normalized spacial score (nSPS) is 17.6. The number of guanidine groups is 1. The largest absolute Gasteiger partial charge is 0.387 e. The van der Waals surface area contributed by atoms with Gasteiger partial charge < -0.3 is 26.0 Å². The molecule has 0 spiro atoms. The van der Waals surface area contributed by atoms with Crippen molar-refractivity contribution in [1.29, 1.82) is 5.41 Å². The lowest BCUT2D eigenvalue weighted by molar-refractivity contribution is -0.140. The Morgan fingerprint density at radius 3 is 1.97 bits per heavy atom. The number of nitrogens with zero attached hydrogens (tertiary/aromatic N) is 2. The van der Waals surface area contributed by atoms with Gasteiger partial charge in [-0.2, -0.15) is 0 Å². The Balaban J connectivity index is 0.000000220. The van der Waals surface area contributed by atoms with Crippen LogP contribution in [0.4, 0.5) is 0 Å². The SMILES string of the molecule is Clc1ccc(Cc2ccc(Cl)cc2)cc1.N=C(N)N1CCC(CNC(=O)C2CCCN2C(=O)CO)CC1. The van der Waals surface area contributed by atoms with Crippen LogP contribution in [0.1, 0.15) is 36.8 Å². The van der Waals surface area contributed by atoms with Crippen LogP contribution in [0.3, 0.4) is 0 Å². The fraction of sp³-hybridized carbons (Fsp3) is 0.444. The van der Waals surface area contributed by atoms with E-state index in [1.807, 2.05) is 53.4 Å². The number of rotatable bonds is 6. The number of likely N-dealkylation sites (tertiary alicyclic amines) is 2. The molecule has 2 aromatic carbocycles. The van der Waals surface area contributed by atoms with Crippen LogP contribution in [0.25, 0.3) is 0 Å². The molecule has 2 aromatic rings. The van der Waals surface area contributed by atoms with Crippen LogP contribution in [0.5, 0.6) is 0 Å². The zero-order valence-corrected chi connectivity index (χ0v) is 22.3. The predicted octanol–water partition coefficient (Wildman–Crippen LogP) is 3.28. The lowest BCUT2D eigenvalue weighted by atomic mass is 9.97. The number of nitrogens with two attached hydrogens (primary N) is 1. The van der Waals surface area contributed by atoms with Crippen molar-refractivity contribution in [3.05, 3.63) is 69.7 Å². The van der Waals surface area contributed by atoms with Gasteiger partial charge in [-0.1, -0.05) is 47.5 Å². The summed E-state index contributed by atoms with van der Waals surface area (Å²) in [6, 6.07) is 15.3. The summed E-state index contributed by atoms with van der Waals surface area (Å²) in [7, 11) is 0. The minimum atomic E-state index is -0.548. The number of aliphatic hydroxyl groups excluding tert-OH is 1. The van der Waals surface area contributed by atoms with Gasteiger partial charge in [0.25, 0.3) is 0 Å². The number of piperidine rings is 1. The molecule has 0 aromatic heterocycles. The smallest absolute Gasteiger partial charge is 0.248 e. The van der Waals surface area contributed by atoms with Gasteiger partial charge in [0.2, 0.25) is 11.8 Å². The molecular weight excluding hydrogens is 513 g/mol. The molecule has 0 radical (unpaired) electrons. The maximum absolute atomic E-state index is 12.2. The lowest BCUT2D eigenvalue weighted by Crippen LogP contribution is -2.49. The molecule has 1 unspecified atom stereocenters. The van der Waals surface area contributed by atoms with Gasteiger partial charge in [-0.3, -0.25) is 15.0 Å². The molecule has 10 heteroatoms. The van der Waals surface area contributed by atoms with E-state index in [2.05, 4.69) is 5.32 Å². The number of carbonyl (C=O) groups excluding carboxylic acids is 2. The summed E-state index contributed by atoms with van der Waals surface area (Å²) in [6.07, 6.45) is 4.14. The maximum Gasteiger partial charge on any atom is 0.248 e. The number of aliphatic hydroxyl groups is 1. The summed E-state index contributed by atoms with van der Waals surface area (Å²) in [5.74, 6) is -0.0322. The maximum atomic E-state index is 12.2. The quantitative estimate of drug-likeness (QED) is 0.326. The Hall–Kier alpha value is -2.81. The van der Waals surface area contributed by atoms with E-state index in [0.717, 1.165) is 48.8 Å². The van der Waals surface area contributed by atoms with E-state index in [9.17, 15) is 9.59 Å². The van der Waals surface area contributed by atoms with Gasteiger partial charge in [0.1, 0.15) is 12.6 Å². The first-order chi connectivity index (χ1) is 17.8. The van der Waals surface area contributed by atoms with Crippen molar-refractivity contribution in [3.63, 3.8) is 0 Å². The Labute approximate surface area is 228 Å². The van der Waals surface area contributed by atoms with Crippen molar-refractivity contribution >= 4 is 41.0 Å². The number of amides is 2. The number of hydrogen-bond donors (Lipinski definition) is 4. The molecule has 0 saturated carbocycles. The van der Waals surface area contributed by atoms with Gasteiger partial charge in [-0.05, 0) is 73.4 Å². The van der Waals surface area contributed by atoms with Gasteiger partial charge in [-0.15, -0.1) is 0 Å². The first-order valence-electron chi connectivity index (χ1n) is 12.5. The number of nitrogens with one attached hydrogen (secondary N) is 2. The summed E-state index contributed by atoms with van der Waals surface area (Å²) in [5.41, 5.74) is 7.96. The lowest BCUT2D eigenvalue weighted by Gasteiger charge is -2.32. The van der Waals surface area contributed by atoms with E-state index >= 15 is 0 Å². The van der Waals surface area contributed by atoms with Crippen molar-refractivity contribution in [2.45, 2.75) is 38.1 Å². The highest BCUT2D eigenvalue weighted by Gasteiger charge is 2.33. The number of benzene rings is 2. The molecule has 5 N–H and O–H groups in total. The molecule has 37 heavy (non-hydrogen) atoms. The van der Waals surface area contributed by atoms with Crippen LogP contribution in [0, 0.1) is 11.3 Å². The number of hydrogen-bond acceptors (Lipinski definition) is 4. The van der Waals surface area contributed by atoms with E-state index in [1.54, 1.807) is 0 Å². The molecule has 2 aliphatic rings. The molecule has 0 bridgehead atoms. The summed E-state index contributed by atoms with van der Waals surface area (Å²) in [5, 5.41) is 20.8. The monoisotopic (exact) mass is 547 g/mol. The average Bonchev–Trinajstić information content (AvgIpc) is 3.40. The first kappa shape index (κ1) is 28.8. The third-order valence-electron chi connectivity index (χ3n) is 6.77. The van der Waals surface area contributed by atoms with Gasteiger partial charge >= 0.3 is 0 Å². The van der Waals surface area contributed by atoms with E-state index in [1.165, 1.54) is 16.0 Å². The Kier molecular flexibility index (Phi) is 11.0. The second-order valence-corrected chi connectivity index (χ2v) is 10.3. The van der Waals surface area contributed by atoms with E-state index in [0.29, 0.717) is 25.4 Å². The fourth-order valence-corrected chi connectivity index (χ4v) is 4.86. The first-order valence-corrected chi connectivity index (χ1v) is 13.3. The highest BCUT2D eigenvalue weighted by atomic mass is 35.5. The van der Waals surface area contributed by atoms with Crippen LogP contribution in [0.15, 0.2) is 48.5 Å². The summed E-state index contributed by atoms with van der Waals surface area (Å²) in [4.78, 5) is 27.1. The van der Waals surface area contributed by atoms with Gasteiger partial charge in [-0.25, -0.2) is 0 Å².